The zero-order chi connectivity index (χ0) is 4.41. The third-order valence-electron chi connectivity index (χ3n) is 0.363. The van der Waals surface area contributed by atoms with E-state index in [-0.39, 0.29) is 50.2 Å². The average molecular weight is 219 g/mol. The normalized spacial score (nSPS) is 11.3. The van der Waals surface area contributed by atoms with E-state index in [1.54, 1.807) is 0 Å². The maximum atomic E-state index is 9.83. The Morgan fingerprint density at radius 1 is 1.33 bits per heavy atom. The van der Waals surface area contributed by atoms with Gasteiger partial charge in [-0.3, -0.25) is 4.79 Å². The molecule has 46 valence electrons. The first-order valence-corrected chi connectivity index (χ1v) is 1.37. The molecule has 7 heteroatoms. The maximum absolute atomic E-state index is 9.83. The molecule has 9 heavy (non-hydrogen) atoms. The van der Waals surface area contributed by atoms with Crippen LogP contribution in [0.25, 0.3) is 0 Å². The van der Waals surface area contributed by atoms with E-state index >= 15 is 0 Å². The number of halogens is 2. The second-order valence-corrected chi connectivity index (χ2v) is 0.772. The number of rotatable bonds is 0. The molecule has 1 rings (SSSR count). The molecule has 4 nitrogen and oxygen atoms in total. The van der Waals surface area contributed by atoms with Gasteiger partial charge in [-0.2, -0.15) is 0 Å². The van der Waals surface area contributed by atoms with E-state index in [2.05, 4.69) is 15.4 Å². The van der Waals surface area contributed by atoms with Crippen molar-refractivity contribution in [3.05, 3.63) is 0 Å². The van der Waals surface area contributed by atoms with Crippen LogP contribution in [0.4, 0.5) is 0 Å². The van der Waals surface area contributed by atoms with E-state index in [1.165, 1.54) is 0 Å². The van der Waals surface area contributed by atoms with Gasteiger partial charge >= 0.3 is 25.4 Å². The third-order valence-corrected chi connectivity index (χ3v) is 0.363. The molecule has 0 aromatic heterocycles. The summed E-state index contributed by atoms with van der Waals surface area (Å²) in [6.45, 7) is 0. The molecule has 0 spiro atoms. The van der Waals surface area contributed by atoms with Crippen LogP contribution in [0.1, 0.15) is 0 Å². The van der Waals surface area contributed by atoms with E-state index < -0.39 is 0 Å². The number of amides is 1. The van der Waals surface area contributed by atoms with Gasteiger partial charge in [-0.1, -0.05) is 5.11 Å². The Hall–Kier alpha value is 0.143. The summed E-state index contributed by atoms with van der Waals surface area (Å²) < 4.78 is 0. The fourth-order valence-corrected chi connectivity index (χ4v) is 0.171. The van der Waals surface area contributed by atoms with Crippen molar-refractivity contribution in [2.75, 3.05) is 0 Å². The minimum Gasteiger partial charge on any atom is -1.00 e. The van der Waals surface area contributed by atoms with Crippen LogP contribution in [-0.4, -0.2) is 12.1 Å². The van der Waals surface area contributed by atoms with Crippen molar-refractivity contribution < 1.29 is 49.1 Å². The van der Waals surface area contributed by atoms with E-state index in [0.29, 0.717) is 0 Å². The molecule has 0 unspecified atom stereocenters. The Bertz CT molecular complexity index is 122. The molecule has 0 aromatic carbocycles. The van der Waals surface area contributed by atoms with Crippen LogP contribution in [0.15, 0.2) is 15.4 Å². The van der Waals surface area contributed by atoms with Crippen LogP contribution in [0.3, 0.4) is 0 Å². The number of carbonyl (C=O) groups is 1. The first-order chi connectivity index (χ1) is 2.89. The largest absolute Gasteiger partial charge is 2.00 e. The molecule has 0 bridgehead atoms. The zero-order valence-electron chi connectivity index (χ0n) is 4.29. The SMILES string of the molecule is O=C1C=NN=N1.[Cl-].[Cl-].[Zn+2]. The van der Waals surface area contributed by atoms with Crippen molar-refractivity contribution in [2.24, 2.45) is 15.4 Å². The molecule has 0 aromatic rings. The van der Waals surface area contributed by atoms with Crippen LogP contribution in [0.5, 0.6) is 0 Å². The number of carbonyl (C=O) groups excluding carboxylic acids is 1. The van der Waals surface area contributed by atoms with Crippen LogP contribution in [0, 0.1) is 0 Å². The minimum atomic E-state index is -0.380. The molecule has 1 aliphatic rings. The zero-order valence-corrected chi connectivity index (χ0v) is 8.77. The van der Waals surface area contributed by atoms with Gasteiger partial charge in [0.2, 0.25) is 0 Å². The first-order valence-electron chi connectivity index (χ1n) is 1.37. The monoisotopic (exact) mass is 217 g/mol. The quantitative estimate of drug-likeness (QED) is 0.374. The second kappa shape index (κ2) is 8.14. The Morgan fingerprint density at radius 2 is 1.89 bits per heavy atom. The molecule has 0 atom stereocenters. The van der Waals surface area contributed by atoms with Crippen molar-refractivity contribution in [1.82, 2.24) is 0 Å². The fraction of sp³-hybridized carbons (Fsp3) is 0. The molecular weight excluding hydrogens is 218 g/mol. The molecule has 0 aliphatic carbocycles. The molecule has 0 saturated carbocycles. The van der Waals surface area contributed by atoms with E-state index in [0.717, 1.165) is 6.21 Å². The third kappa shape index (κ3) is 6.02. The number of nitrogens with zero attached hydrogens (tertiary/aromatic N) is 3. The van der Waals surface area contributed by atoms with Gasteiger partial charge in [0.15, 0.2) is 0 Å². The van der Waals surface area contributed by atoms with E-state index in [1.807, 2.05) is 0 Å². The molecule has 0 radical (unpaired) electrons. The predicted octanol–water partition coefficient (Wildman–Crippen LogP) is -6.03. The number of hydrogen-bond donors (Lipinski definition) is 0. The summed E-state index contributed by atoms with van der Waals surface area (Å²) in [5.74, 6) is -0.380. The van der Waals surface area contributed by atoms with Gasteiger partial charge in [-0.15, -0.1) is 5.10 Å². The standard InChI is InChI=1S/C2HN3O.2ClH.Zn/c6-2-1-3-5-4-2;;;/h1H;2*1H;/q;;;+2/p-2. The van der Waals surface area contributed by atoms with Gasteiger partial charge in [-0.05, 0) is 5.22 Å². The Kier molecular flexibility index (Phi) is 14.5. The predicted molar refractivity (Wildman–Crippen MR) is 18.4 cm³/mol. The van der Waals surface area contributed by atoms with Crippen molar-refractivity contribution in [3.63, 3.8) is 0 Å². The molecule has 1 heterocycles. The van der Waals surface area contributed by atoms with Gasteiger partial charge in [0.1, 0.15) is 6.21 Å². The van der Waals surface area contributed by atoms with Crippen molar-refractivity contribution in [2.45, 2.75) is 0 Å². The summed E-state index contributed by atoms with van der Waals surface area (Å²) >= 11 is 0. The molecular formula is C2HCl2N3OZn. The summed E-state index contributed by atoms with van der Waals surface area (Å²) in [4.78, 5) is 9.83. The molecule has 0 fully saturated rings. The smallest absolute Gasteiger partial charge is 1.00 e. The van der Waals surface area contributed by atoms with Crippen LogP contribution >= 0.6 is 0 Å². The number of hydrogen-bond acceptors (Lipinski definition) is 3. The van der Waals surface area contributed by atoms with Gasteiger partial charge in [0, 0.05) is 0 Å². The van der Waals surface area contributed by atoms with Crippen LogP contribution in [-0.2, 0) is 24.3 Å². The fourth-order valence-electron chi connectivity index (χ4n) is 0.171. The first kappa shape index (κ1) is 16.1. The second-order valence-electron chi connectivity index (χ2n) is 0.772. The summed E-state index contributed by atoms with van der Waals surface area (Å²) in [5.41, 5.74) is 0. The maximum Gasteiger partial charge on any atom is 2.00 e. The van der Waals surface area contributed by atoms with Crippen molar-refractivity contribution in [3.8, 4) is 0 Å². The summed E-state index contributed by atoms with van der Waals surface area (Å²) in [7, 11) is 0. The van der Waals surface area contributed by atoms with E-state index in [4.69, 9.17) is 0 Å². The summed E-state index contributed by atoms with van der Waals surface area (Å²) in [6, 6.07) is 0. The van der Waals surface area contributed by atoms with E-state index in [9.17, 15) is 4.79 Å². The molecule has 1 aliphatic heterocycles. The summed E-state index contributed by atoms with van der Waals surface area (Å²) in [6.07, 6.45) is 1.06. The van der Waals surface area contributed by atoms with Gasteiger partial charge in [0.05, 0.1) is 0 Å². The van der Waals surface area contributed by atoms with Crippen molar-refractivity contribution in [1.29, 1.82) is 0 Å². The molecule has 0 N–H and O–H groups in total. The average Bonchev–Trinajstić information content (AvgIpc) is 1.86. The van der Waals surface area contributed by atoms with Crippen LogP contribution in [0.2, 0.25) is 0 Å². The summed E-state index contributed by atoms with van der Waals surface area (Å²) in [5, 5.41) is 9.16. The molecule has 0 saturated heterocycles. The Morgan fingerprint density at radius 3 is 2.00 bits per heavy atom. The van der Waals surface area contributed by atoms with Crippen molar-refractivity contribution >= 4 is 12.1 Å². The Labute approximate surface area is 76.8 Å². The van der Waals surface area contributed by atoms with Gasteiger partial charge < -0.3 is 24.8 Å². The van der Waals surface area contributed by atoms with Crippen LogP contribution < -0.4 is 24.8 Å². The minimum absolute atomic E-state index is 0. The Balaban J connectivity index is -0.000000120. The molecule has 1 amide bonds. The van der Waals surface area contributed by atoms with Gasteiger partial charge in [0.25, 0.3) is 0 Å². The van der Waals surface area contributed by atoms with Gasteiger partial charge in [-0.25, -0.2) is 0 Å². The topological polar surface area (TPSA) is 54.1 Å².